The summed E-state index contributed by atoms with van der Waals surface area (Å²) in [7, 11) is 6.68. The monoisotopic (exact) mass is 866 g/mol. The summed E-state index contributed by atoms with van der Waals surface area (Å²) >= 11 is 3.99. The first-order chi connectivity index (χ1) is 26.6. The first kappa shape index (κ1) is 38.3. The van der Waals surface area contributed by atoms with Crippen molar-refractivity contribution in [2.24, 2.45) is 11.8 Å². The van der Waals surface area contributed by atoms with Crippen molar-refractivity contribution in [1.82, 2.24) is 20.0 Å². The lowest BCUT2D eigenvalue weighted by Crippen LogP contribution is -2.43. The van der Waals surface area contributed by atoms with Crippen molar-refractivity contribution in [3.05, 3.63) is 164 Å². The van der Waals surface area contributed by atoms with Crippen LogP contribution in [0.2, 0.25) is 0 Å². The number of ether oxygens (including phenoxy) is 2. The van der Waals surface area contributed by atoms with Crippen LogP contribution in [0.4, 0.5) is 0 Å². The number of amides is 2. The SMILES string of the molecule is COC(=O)c1ccc(CN2C=CC3C=CC(Sc4ccc(CN(C)C(=O)C(NC(=O)C5=CC6C=C(I)C=CC6N5C)c5ccccc5)cc4)=CC32)c(OC)c1. The van der Waals surface area contributed by atoms with Crippen LogP contribution in [0, 0.1) is 11.8 Å². The second-order valence-electron chi connectivity index (χ2n) is 13.9. The Balaban J connectivity index is 0.988. The molecule has 4 aliphatic rings. The van der Waals surface area contributed by atoms with E-state index in [0.29, 0.717) is 30.1 Å². The lowest BCUT2D eigenvalue weighted by Gasteiger charge is -2.29. The van der Waals surface area contributed by atoms with E-state index in [1.165, 1.54) is 7.11 Å². The minimum atomic E-state index is -0.838. The number of methoxy groups -OCH3 is 2. The summed E-state index contributed by atoms with van der Waals surface area (Å²) in [4.78, 5) is 48.0. The zero-order valence-corrected chi connectivity index (χ0v) is 34.1. The minimum absolute atomic E-state index is 0.0837. The van der Waals surface area contributed by atoms with Gasteiger partial charge < -0.3 is 29.5 Å². The first-order valence-corrected chi connectivity index (χ1v) is 20.0. The van der Waals surface area contributed by atoms with E-state index in [1.54, 1.807) is 43.0 Å². The summed E-state index contributed by atoms with van der Waals surface area (Å²) in [6, 6.07) is 22.5. The lowest BCUT2D eigenvalue weighted by molar-refractivity contribution is -0.135. The molecule has 0 bridgehead atoms. The predicted molar refractivity (Wildman–Crippen MR) is 224 cm³/mol. The molecule has 5 atom stereocenters. The predicted octanol–water partition coefficient (Wildman–Crippen LogP) is 7.56. The molecule has 0 aromatic heterocycles. The van der Waals surface area contributed by atoms with Crippen LogP contribution in [0.5, 0.6) is 5.75 Å². The largest absolute Gasteiger partial charge is 0.496 e. The van der Waals surface area contributed by atoms with Gasteiger partial charge in [0, 0.05) is 58.0 Å². The van der Waals surface area contributed by atoms with Crippen molar-refractivity contribution in [3.8, 4) is 5.75 Å². The fourth-order valence-corrected chi connectivity index (χ4v) is 8.92. The molecule has 9 nitrogen and oxygen atoms in total. The summed E-state index contributed by atoms with van der Waals surface area (Å²) in [5.74, 6) is 0.174. The molecule has 3 aromatic rings. The molecule has 0 saturated heterocycles. The van der Waals surface area contributed by atoms with Crippen molar-refractivity contribution in [1.29, 1.82) is 0 Å². The molecule has 0 radical (unpaired) electrons. The highest BCUT2D eigenvalue weighted by atomic mass is 127. The topological polar surface area (TPSA) is 91.4 Å². The lowest BCUT2D eigenvalue weighted by atomic mass is 9.96. The highest BCUT2D eigenvalue weighted by Crippen LogP contribution is 2.38. The quantitative estimate of drug-likeness (QED) is 0.148. The highest BCUT2D eigenvalue weighted by molar-refractivity contribution is 14.1. The van der Waals surface area contributed by atoms with Gasteiger partial charge in [0.25, 0.3) is 5.91 Å². The van der Waals surface area contributed by atoms with Gasteiger partial charge in [0.2, 0.25) is 5.91 Å². The van der Waals surface area contributed by atoms with E-state index in [-0.39, 0.29) is 35.7 Å². The van der Waals surface area contributed by atoms with E-state index in [0.717, 1.165) is 30.1 Å². The van der Waals surface area contributed by atoms with Crippen LogP contribution in [0.1, 0.15) is 33.1 Å². The van der Waals surface area contributed by atoms with Crippen LogP contribution in [0.15, 0.2) is 147 Å². The third-order valence-corrected chi connectivity index (χ3v) is 12.1. The molecular weight excluding hydrogens is 823 g/mol. The van der Waals surface area contributed by atoms with Gasteiger partial charge >= 0.3 is 5.97 Å². The highest BCUT2D eigenvalue weighted by Gasteiger charge is 2.36. The maximum atomic E-state index is 14.0. The number of halogens is 1. The van der Waals surface area contributed by atoms with Crippen molar-refractivity contribution >= 4 is 52.1 Å². The first-order valence-electron chi connectivity index (χ1n) is 18.1. The number of carbonyl (C=O) groups is 3. The molecule has 2 heterocycles. The van der Waals surface area contributed by atoms with Gasteiger partial charge in [-0.1, -0.05) is 96.7 Å². The Kier molecular flexibility index (Phi) is 11.7. The van der Waals surface area contributed by atoms with Gasteiger partial charge in [-0.05, 0) is 76.3 Å². The number of benzene rings is 3. The van der Waals surface area contributed by atoms with E-state index in [9.17, 15) is 14.4 Å². The number of fused-ring (bicyclic) bond motifs is 2. The Labute approximate surface area is 340 Å². The average molecular weight is 867 g/mol. The molecule has 2 amide bonds. The van der Waals surface area contributed by atoms with Gasteiger partial charge in [-0.25, -0.2) is 4.79 Å². The smallest absolute Gasteiger partial charge is 0.337 e. The third kappa shape index (κ3) is 8.47. The molecule has 7 rings (SSSR count). The average Bonchev–Trinajstić information content (AvgIpc) is 3.76. The van der Waals surface area contributed by atoms with Gasteiger partial charge in [-0.2, -0.15) is 0 Å². The zero-order chi connectivity index (χ0) is 38.6. The van der Waals surface area contributed by atoms with Crippen LogP contribution in [0.3, 0.4) is 0 Å². The third-order valence-electron chi connectivity index (χ3n) is 10.4. The number of likely N-dealkylation sites (N-methyl/N-ethyl adjacent to an activating group) is 2. The van der Waals surface area contributed by atoms with Crippen LogP contribution >= 0.6 is 34.4 Å². The van der Waals surface area contributed by atoms with Gasteiger partial charge in [0.1, 0.15) is 11.8 Å². The number of hydrogen-bond donors (Lipinski definition) is 1. The van der Waals surface area contributed by atoms with Crippen molar-refractivity contribution in [3.63, 3.8) is 0 Å². The number of esters is 1. The number of nitrogens with one attached hydrogen (secondary N) is 1. The van der Waals surface area contributed by atoms with Crippen LogP contribution in [0.25, 0.3) is 0 Å². The molecule has 282 valence electrons. The van der Waals surface area contributed by atoms with Crippen molar-refractivity contribution in [2.45, 2.75) is 36.1 Å². The fourth-order valence-electron chi connectivity index (χ4n) is 7.40. The maximum absolute atomic E-state index is 14.0. The zero-order valence-electron chi connectivity index (χ0n) is 31.1. The molecule has 11 heteroatoms. The molecule has 55 heavy (non-hydrogen) atoms. The van der Waals surface area contributed by atoms with E-state index in [1.807, 2.05) is 66.6 Å². The number of allylic oxidation sites excluding steroid dienone is 3. The Morgan fingerprint density at radius 1 is 0.909 bits per heavy atom. The van der Waals surface area contributed by atoms with Gasteiger partial charge in [-0.3, -0.25) is 9.59 Å². The molecule has 0 saturated carbocycles. The fraction of sp³-hybridized carbons (Fsp3) is 0.250. The van der Waals surface area contributed by atoms with Crippen LogP contribution in [-0.2, 0) is 27.4 Å². The van der Waals surface area contributed by atoms with E-state index < -0.39 is 12.0 Å². The number of carbonyl (C=O) groups excluding carboxylic acids is 3. The number of nitrogens with zero attached hydrogens (tertiary/aromatic N) is 3. The number of thioether (sulfide) groups is 1. The summed E-state index contributed by atoms with van der Waals surface area (Å²) in [5, 5.41) is 3.06. The Morgan fingerprint density at radius 2 is 1.69 bits per heavy atom. The number of rotatable bonds is 12. The Morgan fingerprint density at radius 3 is 2.44 bits per heavy atom. The van der Waals surface area contributed by atoms with Gasteiger partial charge in [-0.15, -0.1) is 0 Å². The Hall–Kier alpha value is -5.01. The molecule has 3 aromatic carbocycles. The van der Waals surface area contributed by atoms with Gasteiger partial charge in [0.15, 0.2) is 0 Å². The van der Waals surface area contributed by atoms with Crippen LogP contribution < -0.4 is 10.1 Å². The standard InChI is InChI=1S/C44H43IN4O5S/c1-47(43(51)41(30-8-6-5-7-9-30)46-42(50)39-23-33-22-34(45)15-19-37(33)48(39)2)26-28-10-16-35(17-11-28)55-36-18-14-29-20-21-49(38(29)25-36)27-32-13-12-31(44(52)54-4)24-40(32)53-3/h5-25,29,33,37-38,41H,26-27H2,1-4H3,(H,46,50). The van der Waals surface area contributed by atoms with Crippen molar-refractivity contribution in [2.75, 3.05) is 28.3 Å². The molecule has 2 aliphatic heterocycles. The second-order valence-corrected chi connectivity index (χ2v) is 16.3. The number of hydrogen-bond acceptors (Lipinski definition) is 8. The summed E-state index contributed by atoms with van der Waals surface area (Å²) in [6.45, 7) is 1.02. The maximum Gasteiger partial charge on any atom is 0.337 e. The molecule has 2 aliphatic carbocycles. The molecule has 0 fully saturated rings. The van der Waals surface area contributed by atoms with Gasteiger partial charge in [0.05, 0.1) is 37.6 Å². The van der Waals surface area contributed by atoms with Crippen molar-refractivity contribution < 1.29 is 23.9 Å². The van der Waals surface area contributed by atoms with E-state index >= 15 is 0 Å². The summed E-state index contributed by atoms with van der Waals surface area (Å²) in [6.07, 6.45) is 19.4. The van der Waals surface area contributed by atoms with Crippen LogP contribution in [-0.4, -0.2) is 72.9 Å². The van der Waals surface area contributed by atoms with E-state index in [2.05, 4.69) is 93.7 Å². The summed E-state index contributed by atoms with van der Waals surface area (Å²) in [5.41, 5.74) is 3.72. The Bertz CT molecular complexity index is 2140. The molecule has 5 unspecified atom stereocenters. The molecule has 1 N–H and O–H groups in total. The minimum Gasteiger partial charge on any atom is -0.496 e. The summed E-state index contributed by atoms with van der Waals surface area (Å²) < 4.78 is 11.6. The molecular formula is C44H43IN4O5S. The normalized spacial score (nSPS) is 21.2. The van der Waals surface area contributed by atoms with E-state index in [4.69, 9.17) is 9.47 Å². The molecule has 0 spiro atoms. The second kappa shape index (κ2) is 16.8.